The van der Waals surface area contributed by atoms with E-state index in [0.717, 1.165) is 43.1 Å². The highest BCUT2D eigenvalue weighted by Crippen LogP contribution is 2.37. The molecule has 264 valence electrons. The predicted octanol–water partition coefficient (Wildman–Crippen LogP) is 7.78. The molecule has 1 saturated carbocycles. The van der Waals surface area contributed by atoms with Gasteiger partial charge in [0.15, 0.2) is 0 Å². The van der Waals surface area contributed by atoms with Crippen LogP contribution < -0.4 is 9.62 Å². The third-order valence-corrected chi connectivity index (χ3v) is 10.8. The monoisotopic (exact) mass is 729 g/mol. The van der Waals surface area contributed by atoms with E-state index in [0.29, 0.717) is 22.0 Å². The lowest BCUT2D eigenvalue weighted by atomic mass is 9.94. The molecule has 0 heterocycles. The van der Waals surface area contributed by atoms with Crippen molar-refractivity contribution in [1.82, 2.24) is 10.2 Å². The molecule has 1 fully saturated rings. The minimum absolute atomic E-state index is 0.00463. The first-order valence-corrected chi connectivity index (χ1v) is 18.0. The summed E-state index contributed by atoms with van der Waals surface area (Å²) < 4.78 is 85.6. The molecule has 0 bridgehead atoms. The first-order valence-electron chi connectivity index (χ1n) is 16.2. The van der Waals surface area contributed by atoms with E-state index in [4.69, 9.17) is 11.6 Å². The Morgan fingerprint density at radius 1 is 0.860 bits per heavy atom. The summed E-state index contributed by atoms with van der Waals surface area (Å²) in [6.07, 6.45) is -0.534. The van der Waals surface area contributed by atoms with Gasteiger partial charge >= 0.3 is 6.18 Å². The van der Waals surface area contributed by atoms with Gasteiger partial charge in [0.05, 0.1) is 21.2 Å². The number of anilines is 1. The van der Waals surface area contributed by atoms with E-state index in [1.807, 2.05) is 0 Å². The van der Waals surface area contributed by atoms with Crippen LogP contribution in [0.5, 0.6) is 0 Å². The van der Waals surface area contributed by atoms with E-state index in [9.17, 15) is 31.2 Å². The van der Waals surface area contributed by atoms with Crippen LogP contribution in [0.4, 0.5) is 23.2 Å². The summed E-state index contributed by atoms with van der Waals surface area (Å²) in [5.41, 5.74) is -1.04. The van der Waals surface area contributed by atoms with E-state index >= 15 is 4.39 Å². The number of nitrogens with zero attached hydrogens (tertiary/aromatic N) is 2. The highest BCUT2D eigenvalue weighted by atomic mass is 35.5. The van der Waals surface area contributed by atoms with Crippen molar-refractivity contribution in [3.8, 4) is 0 Å². The molecule has 0 aliphatic heterocycles. The number of carbonyl (C=O) groups excluding carboxylic acids is 2. The lowest BCUT2D eigenvalue weighted by Crippen LogP contribution is -2.55. The number of hydrogen-bond acceptors (Lipinski definition) is 4. The van der Waals surface area contributed by atoms with Gasteiger partial charge in [0.2, 0.25) is 11.8 Å². The highest BCUT2D eigenvalue weighted by molar-refractivity contribution is 7.92. The molecule has 5 rings (SSSR count). The number of alkyl halides is 3. The van der Waals surface area contributed by atoms with Crippen molar-refractivity contribution in [1.29, 1.82) is 0 Å². The zero-order valence-corrected chi connectivity index (χ0v) is 28.5. The lowest BCUT2D eigenvalue weighted by Gasteiger charge is -2.35. The lowest BCUT2D eigenvalue weighted by molar-refractivity contribution is -0.140. The van der Waals surface area contributed by atoms with Crippen LogP contribution in [0.3, 0.4) is 0 Å². The fourth-order valence-corrected chi connectivity index (χ4v) is 7.74. The van der Waals surface area contributed by atoms with Gasteiger partial charge in [0.25, 0.3) is 10.0 Å². The fraction of sp³-hybridized carbons (Fsp3) is 0.297. The van der Waals surface area contributed by atoms with Gasteiger partial charge in [0.1, 0.15) is 18.4 Å². The second-order valence-electron chi connectivity index (χ2n) is 12.2. The molecule has 1 N–H and O–H groups in total. The van der Waals surface area contributed by atoms with Crippen LogP contribution in [-0.2, 0) is 38.8 Å². The van der Waals surface area contributed by atoms with Crippen LogP contribution in [-0.4, -0.2) is 43.8 Å². The van der Waals surface area contributed by atoms with Gasteiger partial charge in [-0.15, -0.1) is 0 Å². The molecule has 50 heavy (non-hydrogen) atoms. The van der Waals surface area contributed by atoms with Crippen LogP contribution in [0.1, 0.15) is 48.8 Å². The maximum Gasteiger partial charge on any atom is 0.416 e. The topological polar surface area (TPSA) is 86.8 Å². The first kappa shape index (κ1) is 36.9. The van der Waals surface area contributed by atoms with Gasteiger partial charge in [-0.3, -0.25) is 13.9 Å². The SMILES string of the molecule is O=C(NC1CCCCC1)[C@@H](Cc1ccccc1)N(Cc1ccccc1F)C(=O)CN(c1cc(C(F)(F)F)ccc1Cl)S(=O)(=O)c1ccccc1. The average Bonchev–Trinajstić information content (AvgIpc) is 3.10. The van der Waals surface area contributed by atoms with Crippen molar-refractivity contribution in [2.24, 2.45) is 0 Å². The van der Waals surface area contributed by atoms with Gasteiger partial charge in [-0.1, -0.05) is 97.6 Å². The van der Waals surface area contributed by atoms with E-state index < -0.39 is 64.2 Å². The van der Waals surface area contributed by atoms with Crippen molar-refractivity contribution in [3.05, 3.63) is 131 Å². The maximum atomic E-state index is 15.2. The molecule has 0 unspecified atom stereocenters. The third kappa shape index (κ3) is 9.02. The Bertz CT molecular complexity index is 1890. The average molecular weight is 730 g/mol. The molecule has 13 heteroatoms. The second-order valence-corrected chi connectivity index (χ2v) is 14.4. The number of nitrogens with one attached hydrogen (secondary N) is 1. The number of amides is 2. The Morgan fingerprint density at radius 3 is 2.12 bits per heavy atom. The van der Waals surface area contributed by atoms with Crippen LogP contribution in [0, 0.1) is 5.82 Å². The van der Waals surface area contributed by atoms with E-state index in [1.165, 1.54) is 42.5 Å². The molecule has 1 atom stereocenters. The van der Waals surface area contributed by atoms with Gasteiger partial charge in [-0.25, -0.2) is 12.8 Å². The zero-order chi connectivity index (χ0) is 35.9. The smallest absolute Gasteiger partial charge is 0.352 e. The van der Waals surface area contributed by atoms with Gasteiger partial charge in [-0.05, 0) is 54.8 Å². The molecule has 4 aromatic rings. The Morgan fingerprint density at radius 2 is 1.48 bits per heavy atom. The molecule has 0 radical (unpaired) electrons. The minimum atomic E-state index is -4.86. The normalized spacial score (nSPS) is 14.5. The van der Waals surface area contributed by atoms with Gasteiger partial charge in [0, 0.05) is 24.6 Å². The minimum Gasteiger partial charge on any atom is -0.352 e. The van der Waals surface area contributed by atoms with E-state index in [1.54, 1.807) is 42.5 Å². The van der Waals surface area contributed by atoms with E-state index in [-0.39, 0.29) is 27.9 Å². The van der Waals surface area contributed by atoms with Crippen molar-refractivity contribution >= 4 is 39.1 Å². The summed E-state index contributed by atoms with van der Waals surface area (Å²) in [5, 5.41) is 2.69. The molecular formula is C37H36ClF4N3O4S. The summed E-state index contributed by atoms with van der Waals surface area (Å²) in [4.78, 5) is 29.5. The molecule has 0 aromatic heterocycles. The highest BCUT2D eigenvalue weighted by Gasteiger charge is 2.38. The summed E-state index contributed by atoms with van der Waals surface area (Å²) in [7, 11) is -4.72. The Labute approximate surface area is 293 Å². The first-order chi connectivity index (χ1) is 23.8. The van der Waals surface area contributed by atoms with Crippen LogP contribution in [0.2, 0.25) is 5.02 Å². The third-order valence-electron chi connectivity index (χ3n) is 8.67. The summed E-state index contributed by atoms with van der Waals surface area (Å²) in [6, 6.07) is 22.2. The maximum absolute atomic E-state index is 15.2. The largest absolute Gasteiger partial charge is 0.416 e. The Kier molecular flexibility index (Phi) is 11.8. The molecular weight excluding hydrogens is 694 g/mol. The number of halogens is 5. The molecule has 0 spiro atoms. The quantitative estimate of drug-likeness (QED) is 0.151. The molecule has 7 nitrogen and oxygen atoms in total. The standard InChI is InChI=1S/C37H36ClF4N3O4S/c38-31-21-20-28(37(40,41)42)23-33(31)45(50(48,49)30-17-8-3-9-18-30)25-35(46)44(24-27-14-10-11-19-32(27)39)34(22-26-12-4-1-5-13-26)36(47)43-29-15-6-2-7-16-29/h1,3-5,8-14,17-21,23,29,34H,2,6-7,15-16,22,24-25H2,(H,43,47)/t34-/m1/s1. The van der Waals surface area contributed by atoms with Crippen LogP contribution >= 0.6 is 11.6 Å². The number of hydrogen-bond donors (Lipinski definition) is 1. The zero-order valence-electron chi connectivity index (χ0n) is 27.0. The van der Waals surface area contributed by atoms with Crippen molar-refractivity contribution in [2.75, 3.05) is 10.8 Å². The molecule has 1 aliphatic carbocycles. The number of rotatable bonds is 12. The fourth-order valence-electron chi connectivity index (χ4n) is 6.02. The van der Waals surface area contributed by atoms with Crippen molar-refractivity contribution < 1.29 is 35.6 Å². The molecule has 2 amide bonds. The predicted molar refractivity (Wildman–Crippen MR) is 183 cm³/mol. The van der Waals surface area contributed by atoms with Crippen molar-refractivity contribution in [2.45, 2.75) is 68.2 Å². The van der Waals surface area contributed by atoms with Gasteiger partial charge in [-0.2, -0.15) is 13.2 Å². The number of sulfonamides is 1. The van der Waals surface area contributed by atoms with Gasteiger partial charge < -0.3 is 10.2 Å². The van der Waals surface area contributed by atoms with Crippen molar-refractivity contribution in [3.63, 3.8) is 0 Å². The molecule has 4 aromatic carbocycles. The van der Waals surface area contributed by atoms with E-state index in [2.05, 4.69) is 5.32 Å². The number of benzene rings is 4. The Hall–Kier alpha value is -4.42. The molecule has 1 aliphatic rings. The van der Waals surface area contributed by atoms with Crippen LogP contribution in [0.25, 0.3) is 0 Å². The summed E-state index contributed by atoms with van der Waals surface area (Å²) in [6.45, 7) is -1.48. The summed E-state index contributed by atoms with van der Waals surface area (Å²) in [5.74, 6) is -2.13. The Balaban J connectivity index is 1.62. The summed E-state index contributed by atoms with van der Waals surface area (Å²) >= 11 is 6.36. The molecule has 0 saturated heterocycles. The van der Waals surface area contributed by atoms with Crippen LogP contribution in [0.15, 0.2) is 108 Å². The second kappa shape index (κ2) is 16.1. The number of carbonyl (C=O) groups is 2.